The van der Waals surface area contributed by atoms with Gasteiger partial charge in [0.2, 0.25) is 0 Å². The molecule has 8 heteroatoms. The monoisotopic (exact) mass is 359 g/mol. The van der Waals surface area contributed by atoms with E-state index in [9.17, 15) is 14.4 Å². The molecule has 2 amide bonds. The number of nitrogens with one attached hydrogen (secondary N) is 2. The van der Waals surface area contributed by atoms with Gasteiger partial charge in [0.1, 0.15) is 5.56 Å². The predicted molar refractivity (Wildman–Crippen MR) is 94.1 cm³/mol. The summed E-state index contributed by atoms with van der Waals surface area (Å²) < 4.78 is 10.2. The normalized spacial score (nSPS) is 10.5. The zero-order valence-corrected chi connectivity index (χ0v) is 15.1. The first kappa shape index (κ1) is 19.2. The first-order chi connectivity index (χ1) is 12.3. The second-order valence-corrected chi connectivity index (χ2v) is 5.95. The van der Waals surface area contributed by atoms with Gasteiger partial charge in [-0.25, -0.2) is 4.79 Å². The lowest BCUT2D eigenvalue weighted by Crippen LogP contribution is -2.22. The number of rotatable bonds is 6. The van der Waals surface area contributed by atoms with Crippen LogP contribution in [-0.4, -0.2) is 36.6 Å². The number of aryl methyl sites for hydroxylation is 1. The number of carbonyl (C=O) groups excluding carboxylic acids is 3. The van der Waals surface area contributed by atoms with Gasteiger partial charge in [0.15, 0.2) is 12.4 Å². The number of nitrogens with zero attached hydrogens (tertiary/aromatic N) is 1. The first-order valence-electron chi connectivity index (χ1n) is 8.08. The van der Waals surface area contributed by atoms with Gasteiger partial charge in [-0.2, -0.15) is 0 Å². The quantitative estimate of drug-likeness (QED) is 0.766. The summed E-state index contributed by atoms with van der Waals surface area (Å²) in [6, 6.07) is 6.42. The van der Waals surface area contributed by atoms with Crippen molar-refractivity contribution in [2.75, 3.05) is 19.0 Å². The molecule has 0 saturated carbocycles. The van der Waals surface area contributed by atoms with E-state index < -0.39 is 18.5 Å². The van der Waals surface area contributed by atoms with Crippen LogP contribution < -0.4 is 10.6 Å². The van der Waals surface area contributed by atoms with Crippen LogP contribution in [-0.2, 0) is 9.53 Å². The van der Waals surface area contributed by atoms with E-state index in [1.165, 1.54) is 13.1 Å². The predicted octanol–water partition coefficient (Wildman–Crippen LogP) is 2.26. The van der Waals surface area contributed by atoms with E-state index in [2.05, 4.69) is 15.8 Å². The Bertz CT molecular complexity index is 826. The van der Waals surface area contributed by atoms with Gasteiger partial charge < -0.3 is 19.9 Å². The van der Waals surface area contributed by atoms with Crippen LogP contribution in [0.15, 0.2) is 28.8 Å². The van der Waals surface area contributed by atoms with Gasteiger partial charge in [0, 0.05) is 24.2 Å². The van der Waals surface area contributed by atoms with Gasteiger partial charge in [-0.05, 0) is 25.1 Å². The fourth-order valence-electron chi connectivity index (χ4n) is 2.31. The average molecular weight is 359 g/mol. The Morgan fingerprint density at radius 3 is 2.65 bits per heavy atom. The zero-order chi connectivity index (χ0) is 19.3. The highest BCUT2D eigenvalue weighted by atomic mass is 16.5. The maximum atomic E-state index is 12.2. The van der Waals surface area contributed by atoms with Gasteiger partial charge >= 0.3 is 5.97 Å². The molecule has 8 nitrogen and oxygen atoms in total. The Labute approximate surface area is 150 Å². The molecular formula is C18H21N3O5. The summed E-state index contributed by atoms with van der Waals surface area (Å²) in [5.41, 5.74) is 1.49. The van der Waals surface area contributed by atoms with Gasteiger partial charge in [0.25, 0.3) is 11.8 Å². The molecule has 0 aliphatic heterocycles. The molecule has 138 valence electrons. The highest BCUT2D eigenvalue weighted by Gasteiger charge is 2.24. The van der Waals surface area contributed by atoms with Crippen LogP contribution in [0.1, 0.15) is 51.9 Å². The summed E-state index contributed by atoms with van der Waals surface area (Å²) in [5.74, 6) is -1.07. The average Bonchev–Trinajstić information content (AvgIpc) is 3.01. The summed E-state index contributed by atoms with van der Waals surface area (Å²) in [4.78, 5) is 35.9. The molecule has 2 N–H and O–H groups in total. The van der Waals surface area contributed by atoms with E-state index in [1.54, 1.807) is 25.1 Å². The van der Waals surface area contributed by atoms with Crippen LogP contribution in [0.3, 0.4) is 0 Å². The summed E-state index contributed by atoms with van der Waals surface area (Å²) >= 11 is 0. The zero-order valence-electron chi connectivity index (χ0n) is 15.1. The SMILES string of the molecule is CNC(=O)c1cccc(NC(=O)COC(=O)c2c(C)noc2C(C)C)c1. The van der Waals surface area contributed by atoms with E-state index in [4.69, 9.17) is 9.26 Å². The summed E-state index contributed by atoms with van der Waals surface area (Å²) in [7, 11) is 1.52. The van der Waals surface area contributed by atoms with Gasteiger partial charge in [-0.3, -0.25) is 9.59 Å². The van der Waals surface area contributed by atoms with Crippen molar-refractivity contribution in [2.45, 2.75) is 26.7 Å². The highest BCUT2D eigenvalue weighted by molar-refractivity contribution is 5.98. The molecule has 0 spiro atoms. The van der Waals surface area contributed by atoms with E-state index >= 15 is 0 Å². The van der Waals surface area contributed by atoms with E-state index in [0.29, 0.717) is 22.7 Å². The van der Waals surface area contributed by atoms with Crippen molar-refractivity contribution in [1.29, 1.82) is 0 Å². The van der Waals surface area contributed by atoms with Crippen LogP contribution >= 0.6 is 0 Å². The smallest absolute Gasteiger partial charge is 0.344 e. The van der Waals surface area contributed by atoms with Crippen LogP contribution in [0, 0.1) is 6.92 Å². The van der Waals surface area contributed by atoms with Crippen molar-refractivity contribution in [2.24, 2.45) is 0 Å². The van der Waals surface area contributed by atoms with Crippen molar-refractivity contribution in [3.05, 3.63) is 46.8 Å². The molecule has 0 fully saturated rings. The van der Waals surface area contributed by atoms with Gasteiger partial charge in [-0.1, -0.05) is 25.1 Å². The molecule has 1 aromatic heterocycles. The summed E-state index contributed by atoms with van der Waals surface area (Å²) in [5, 5.41) is 8.85. The Kier molecular flexibility index (Phi) is 6.11. The maximum absolute atomic E-state index is 12.2. The van der Waals surface area contributed by atoms with E-state index in [0.717, 1.165) is 0 Å². The fraction of sp³-hybridized carbons (Fsp3) is 0.333. The molecule has 2 rings (SSSR count). The van der Waals surface area contributed by atoms with E-state index in [-0.39, 0.29) is 17.4 Å². The minimum Gasteiger partial charge on any atom is -0.452 e. The van der Waals surface area contributed by atoms with Gasteiger partial charge in [0.05, 0.1) is 5.69 Å². The lowest BCUT2D eigenvalue weighted by Gasteiger charge is -2.08. The number of amides is 2. The molecule has 0 atom stereocenters. The number of anilines is 1. The van der Waals surface area contributed by atoms with Crippen LogP contribution in [0.25, 0.3) is 0 Å². The van der Waals surface area contributed by atoms with Crippen LogP contribution in [0.5, 0.6) is 0 Å². The van der Waals surface area contributed by atoms with Crippen molar-refractivity contribution >= 4 is 23.5 Å². The number of carbonyl (C=O) groups is 3. The molecule has 1 heterocycles. The molecule has 0 bridgehead atoms. The summed E-state index contributed by atoms with van der Waals surface area (Å²) in [6.07, 6.45) is 0. The largest absolute Gasteiger partial charge is 0.452 e. The lowest BCUT2D eigenvalue weighted by atomic mass is 10.1. The lowest BCUT2D eigenvalue weighted by molar-refractivity contribution is -0.119. The third-order valence-corrected chi connectivity index (χ3v) is 3.59. The molecule has 1 aromatic carbocycles. The first-order valence-corrected chi connectivity index (χ1v) is 8.08. The summed E-state index contributed by atoms with van der Waals surface area (Å²) in [6.45, 7) is 4.90. The maximum Gasteiger partial charge on any atom is 0.344 e. The Hall–Kier alpha value is -3.16. The van der Waals surface area contributed by atoms with Crippen molar-refractivity contribution in [3.8, 4) is 0 Å². The molecule has 0 unspecified atom stereocenters. The second-order valence-electron chi connectivity index (χ2n) is 5.95. The minimum absolute atomic E-state index is 0.0416. The number of hydrogen-bond acceptors (Lipinski definition) is 6. The molecule has 2 aromatic rings. The molecule has 26 heavy (non-hydrogen) atoms. The van der Waals surface area contributed by atoms with Gasteiger partial charge in [-0.15, -0.1) is 0 Å². The van der Waals surface area contributed by atoms with Crippen molar-refractivity contribution in [1.82, 2.24) is 10.5 Å². The molecular weight excluding hydrogens is 338 g/mol. The number of hydrogen-bond donors (Lipinski definition) is 2. The third kappa shape index (κ3) is 4.47. The van der Waals surface area contributed by atoms with E-state index in [1.807, 2.05) is 13.8 Å². The molecule has 0 saturated heterocycles. The molecule has 0 aliphatic rings. The van der Waals surface area contributed by atoms with Crippen molar-refractivity contribution in [3.63, 3.8) is 0 Å². The van der Waals surface area contributed by atoms with Crippen LogP contribution in [0.2, 0.25) is 0 Å². The Morgan fingerprint density at radius 1 is 1.27 bits per heavy atom. The second kappa shape index (κ2) is 8.28. The molecule has 0 radical (unpaired) electrons. The standard InChI is InChI=1S/C18H21N3O5/c1-10(2)16-15(11(3)21-26-16)18(24)25-9-14(22)20-13-7-5-6-12(8-13)17(23)19-4/h5-8,10H,9H2,1-4H3,(H,19,23)(H,20,22). The Balaban J connectivity index is 1.98. The highest BCUT2D eigenvalue weighted by Crippen LogP contribution is 2.23. The third-order valence-electron chi connectivity index (χ3n) is 3.59. The number of aromatic nitrogens is 1. The number of benzene rings is 1. The topological polar surface area (TPSA) is 111 Å². The van der Waals surface area contributed by atoms with Crippen LogP contribution in [0.4, 0.5) is 5.69 Å². The Morgan fingerprint density at radius 2 is 2.00 bits per heavy atom. The number of ether oxygens (including phenoxy) is 1. The van der Waals surface area contributed by atoms with Crippen molar-refractivity contribution < 1.29 is 23.6 Å². The minimum atomic E-state index is -0.665. The number of esters is 1. The fourth-order valence-corrected chi connectivity index (χ4v) is 2.31. The molecule has 0 aliphatic carbocycles.